The molecule has 0 fully saturated rings. The molecule has 1 aromatic heterocycles. The molecule has 0 spiro atoms. The Labute approximate surface area is 110 Å². The second kappa shape index (κ2) is 6.75. The molecule has 0 amide bonds. The molecule has 0 aromatic carbocycles. The van der Waals surface area contributed by atoms with Crippen LogP contribution >= 0.6 is 0 Å². The van der Waals surface area contributed by atoms with Gasteiger partial charge in [-0.15, -0.1) is 0 Å². The molecule has 1 N–H and O–H groups in total. The van der Waals surface area contributed by atoms with Gasteiger partial charge in [-0.2, -0.15) is 13.2 Å². The zero-order valence-corrected chi connectivity index (χ0v) is 11.1. The Bertz CT molecular complexity index is 452. The van der Waals surface area contributed by atoms with E-state index in [1.54, 1.807) is 0 Å². The van der Waals surface area contributed by atoms with Crippen molar-refractivity contribution in [1.29, 1.82) is 0 Å². The summed E-state index contributed by atoms with van der Waals surface area (Å²) >= 11 is 0. The number of unbranched alkanes of at least 4 members (excludes halogenated alkanes) is 1. The van der Waals surface area contributed by atoms with Crippen molar-refractivity contribution in [3.05, 3.63) is 34.2 Å². The quantitative estimate of drug-likeness (QED) is 0.810. The van der Waals surface area contributed by atoms with Gasteiger partial charge in [0.05, 0.1) is 0 Å². The van der Waals surface area contributed by atoms with E-state index in [1.807, 2.05) is 13.8 Å². The van der Waals surface area contributed by atoms with E-state index in [9.17, 15) is 18.0 Å². The van der Waals surface area contributed by atoms with Crippen LogP contribution in [0.15, 0.2) is 23.0 Å². The molecule has 0 saturated carbocycles. The number of hydrogen-bond acceptors (Lipinski definition) is 2. The molecule has 108 valence electrons. The summed E-state index contributed by atoms with van der Waals surface area (Å²) in [5, 5.41) is 3.18. The summed E-state index contributed by atoms with van der Waals surface area (Å²) in [5.74, 6) is 0. The second-order valence-corrected chi connectivity index (χ2v) is 4.71. The molecule has 1 rings (SSSR count). The Kier molecular flexibility index (Phi) is 5.60. The minimum Gasteiger partial charge on any atom is -0.315 e. The van der Waals surface area contributed by atoms with Crippen LogP contribution in [0.3, 0.4) is 0 Å². The van der Waals surface area contributed by atoms with E-state index >= 15 is 0 Å². The molecule has 19 heavy (non-hydrogen) atoms. The van der Waals surface area contributed by atoms with E-state index in [0.29, 0.717) is 12.5 Å². The van der Waals surface area contributed by atoms with Gasteiger partial charge in [-0.05, 0) is 25.5 Å². The summed E-state index contributed by atoms with van der Waals surface area (Å²) in [7, 11) is 0. The van der Waals surface area contributed by atoms with Gasteiger partial charge in [0.15, 0.2) is 0 Å². The highest BCUT2D eigenvalue weighted by Crippen LogP contribution is 2.28. The van der Waals surface area contributed by atoms with E-state index in [4.69, 9.17) is 0 Å². The Hall–Kier alpha value is -1.30. The average Bonchev–Trinajstić information content (AvgIpc) is 2.28. The van der Waals surface area contributed by atoms with Gasteiger partial charge >= 0.3 is 6.18 Å². The third-order valence-electron chi connectivity index (χ3n) is 2.70. The highest BCUT2D eigenvalue weighted by Gasteiger charge is 2.33. The van der Waals surface area contributed by atoms with Crippen LogP contribution in [0.25, 0.3) is 0 Å². The Morgan fingerprint density at radius 1 is 1.26 bits per heavy atom. The fourth-order valence-corrected chi connectivity index (χ4v) is 1.78. The zero-order valence-electron chi connectivity index (χ0n) is 11.1. The molecule has 0 radical (unpaired) electrons. The molecule has 0 atom stereocenters. The van der Waals surface area contributed by atoms with E-state index < -0.39 is 17.4 Å². The van der Waals surface area contributed by atoms with Gasteiger partial charge in [-0.25, -0.2) is 0 Å². The maximum atomic E-state index is 12.7. The summed E-state index contributed by atoms with van der Waals surface area (Å²) in [5.41, 5.74) is -1.48. The predicted molar refractivity (Wildman–Crippen MR) is 68.1 cm³/mol. The highest BCUT2D eigenvalue weighted by molar-refractivity contribution is 5.10. The number of pyridine rings is 1. The lowest BCUT2D eigenvalue weighted by atomic mass is 10.2. The summed E-state index contributed by atoms with van der Waals surface area (Å²) < 4.78 is 39.0. The number of rotatable bonds is 6. The minimum atomic E-state index is -4.49. The smallest absolute Gasteiger partial charge is 0.315 e. The molecule has 6 heteroatoms. The van der Waals surface area contributed by atoms with Gasteiger partial charge in [0.25, 0.3) is 5.56 Å². The molecule has 0 bridgehead atoms. The number of halogens is 3. The number of nitrogens with one attached hydrogen (secondary N) is 1. The largest absolute Gasteiger partial charge is 0.431 e. The summed E-state index contributed by atoms with van der Waals surface area (Å²) in [6.45, 7) is 4.84. The van der Waals surface area contributed by atoms with Crippen molar-refractivity contribution in [3.8, 4) is 0 Å². The van der Waals surface area contributed by atoms with Crippen molar-refractivity contribution in [2.75, 3.05) is 6.54 Å². The van der Waals surface area contributed by atoms with Crippen molar-refractivity contribution >= 4 is 0 Å². The molecule has 0 aliphatic heterocycles. The fourth-order valence-electron chi connectivity index (χ4n) is 1.78. The van der Waals surface area contributed by atoms with Crippen molar-refractivity contribution in [2.45, 2.75) is 45.5 Å². The van der Waals surface area contributed by atoms with Crippen molar-refractivity contribution < 1.29 is 13.2 Å². The number of nitrogens with zero attached hydrogens (tertiary/aromatic N) is 1. The van der Waals surface area contributed by atoms with Crippen LogP contribution in [0.1, 0.15) is 32.4 Å². The standard InChI is InChI=1S/C13H19F3N2O/c1-10(2)17-8-3-4-9-18-11(13(14,15)16)6-5-7-12(18)19/h5-7,10,17H,3-4,8-9H2,1-2H3. The van der Waals surface area contributed by atoms with Crippen LogP contribution < -0.4 is 10.9 Å². The normalized spacial score (nSPS) is 12.1. The van der Waals surface area contributed by atoms with E-state index in [1.165, 1.54) is 0 Å². The number of aromatic nitrogens is 1. The number of hydrogen-bond donors (Lipinski definition) is 1. The third-order valence-corrected chi connectivity index (χ3v) is 2.70. The molecular weight excluding hydrogens is 257 g/mol. The van der Waals surface area contributed by atoms with Gasteiger partial charge < -0.3 is 9.88 Å². The first-order valence-corrected chi connectivity index (χ1v) is 6.33. The predicted octanol–water partition coefficient (Wildman–Crippen LogP) is 2.65. The molecular formula is C13H19F3N2O. The highest BCUT2D eigenvalue weighted by atomic mass is 19.4. The molecule has 0 saturated heterocycles. The van der Waals surface area contributed by atoms with Crippen LogP contribution in [-0.2, 0) is 12.7 Å². The minimum absolute atomic E-state index is 0.0916. The van der Waals surface area contributed by atoms with Gasteiger partial charge in [-0.3, -0.25) is 4.79 Å². The van der Waals surface area contributed by atoms with Crippen LogP contribution in [0.5, 0.6) is 0 Å². The monoisotopic (exact) mass is 276 g/mol. The van der Waals surface area contributed by atoms with Crippen LogP contribution in [-0.4, -0.2) is 17.2 Å². The Morgan fingerprint density at radius 3 is 2.53 bits per heavy atom. The van der Waals surface area contributed by atoms with Crippen LogP contribution in [0, 0.1) is 0 Å². The van der Waals surface area contributed by atoms with Crippen LogP contribution in [0.2, 0.25) is 0 Å². The lowest BCUT2D eigenvalue weighted by Crippen LogP contribution is -2.28. The first kappa shape index (κ1) is 15.8. The first-order valence-electron chi connectivity index (χ1n) is 6.33. The topological polar surface area (TPSA) is 34.0 Å². The first-order chi connectivity index (χ1) is 8.82. The van der Waals surface area contributed by atoms with E-state index in [2.05, 4.69) is 5.32 Å². The SMILES string of the molecule is CC(C)NCCCCn1c(C(F)(F)F)cccc1=O. The van der Waals surface area contributed by atoms with Gasteiger partial charge in [-0.1, -0.05) is 19.9 Å². The fraction of sp³-hybridized carbons (Fsp3) is 0.615. The van der Waals surface area contributed by atoms with Gasteiger partial charge in [0.1, 0.15) is 5.69 Å². The van der Waals surface area contributed by atoms with Gasteiger partial charge in [0.2, 0.25) is 0 Å². The Balaban J connectivity index is 2.65. The molecule has 1 aromatic rings. The molecule has 1 heterocycles. The summed E-state index contributed by atoms with van der Waals surface area (Å²) in [6, 6.07) is 3.59. The molecule has 0 aliphatic rings. The van der Waals surface area contributed by atoms with Gasteiger partial charge in [0, 0.05) is 18.7 Å². The van der Waals surface area contributed by atoms with Crippen molar-refractivity contribution in [2.24, 2.45) is 0 Å². The van der Waals surface area contributed by atoms with Crippen molar-refractivity contribution in [3.63, 3.8) is 0 Å². The summed E-state index contributed by atoms with van der Waals surface area (Å²) in [4.78, 5) is 11.5. The molecule has 0 aliphatic carbocycles. The Morgan fingerprint density at radius 2 is 1.95 bits per heavy atom. The second-order valence-electron chi connectivity index (χ2n) is 4.71. The third kappa shape index (κ3) is 5.06. The van der Waals surface area contributed by atoms with Crippen molar-refractivity contribution in [1.82, 2.24) is 9.88 Å². The maximum Gasteiger partial charge on any atom is 0.431 e. The average molecular weight is 276 g/mol. The van der Waals surface area contributed by atoms with Crippen LogP contribution in [0.4, 0.5) is 13.2 Å². The lowest BCUT2D eigenvalue weighted by Gasteiger charge is -2.15. The maximum absolute atomic E-state index is 12.7. The van der Waals surface area contributed by atoms with E-state index in [-0.39, 0.29) is 6.54 Å². The molecule has 0 unspecified atom stereocenters. The summed E-state index contributed by atoms with van der Waals surface area (Å²) in [6.07, 6.45) is -3.22. The zero-order chi connectivity index (χ0) is 14.5. The molecule has 3 nitrogen and oxygen atoms in total. The lowest BCUT2D eigenvalue weighted by molar-refractivity contribution is -0.144. The van der Waals surface area contributed by atoms with E-state index in [0.717, 1.165) is 35.7 Å². The number of alkyl halides is 3.